The molecule has 0 aromatic carbocycles. The molecule has 2 atom stereocenters. The Kier molecular flexibility index (Phi) is 3.50. The Bertz CT molecular complexity index is 355. The number of rotatable bonds is 4. The highest BCUT2D eigenvalue weighted by Gasteiger charge is 2.41. The quantitative estimate of drug-likeness (QED) is 0.758. The maximum atomic E-state index is 6.13. The zero-order valence-electron chi connectivity index (χ0n) is 9.82. The molecule has 1 aliphatic heterocycles. The highest BCUT2D eigenvalue weighted by molar-refractivity contribution is 6.18. The Hall–Kier alpha value is -0.610. The standard InChI is InChI=1S/C11H18ClN3O/c1-3-15-10(13-8-14-15)6-11(7-12)4-5-16-9(11)2/h8-9H,3-7H2,1-2H3. The van der Waals surface area contributed by atoms with Crippen LogP contribution in [0.2, 0.25) is 0 Å². The van der Waals surface area contributed by atoms with Gasteiger partial charge in [0.05, 0.1) is 6.10 Å². The summed E-state index contributed by atoms with van der Waals surface area (Å²) in [5, 5.41) is 4.19. The third-order valence-corrected chi connectivity index (χ3v) is 4.13. The van der Waals surface area contributed by atoms with Crippen LogP contribution in [-0.2, 0) is 17.7 Å². The predicted molar refractivity (Wildman–Crippen MR) is 62.6 cm³/mol. The Morgan fingerprint density at radius 2 is 2.50 bits per heavy atom. The lowest BCUT2D eigenvalue weighted by Crippen LogP contribution is -2.34. The topological polar surface area (TPSA) is 39.9 Å². The predicted octanol–water partition coefficient (Wildman–Crippen LogP) is 1.87. The van der Waals surface area contributed by atoms with Gasteiger partial charge in [-0.25, -0.2) is 4.98 Å². The van der Waals surface area contributed by atoms with Crippen molar-refractivity contribution < 1.29 is 4.74 Å². The number of hydrogen-bond donors (Lipinski definition) is 0. The van der Waals surface area contributed by atoms with Crippen molar-refractivity contribution >= 4 is 11.6 Å². The first-order chi connectivity index (χ1) is 7.72. The van der Waals surface area contributed by atoms with Crippen LogP contribution in [0, 0.1) is 5.41 Å². The summed E-state index contributed by atoms with van der Waals surface area (Å²) in [6.07, 6.45) is 3.67. The fourth-order valence-electron chi connectivity index (χ4n) is 2.28. The van der Waals surface area contributed by atoms with E-state index >= 15 is 0 Å². The average molecular weight is 244 g/mol. The minimum Gasteiger partial charge on any atom is -0.378 e. The molecule has 4 nitrogen and oxygen atoms in total. The van der Waals surface area contributed by atoms with Gasteiger partial charge in [-0.3, -0.25) is 4.68 Å². The molecule has 16 heavy (non-hydrogen) atoms. The van der Waals surface area contributed by atoms with Gasteiger partial charge in [0.1, 0.15) is 12.2 Å². The van der Waals surface area contributed by atoms with Crippen molar-refractivity contribution in [2.45, 2.75) is 39.3 Å². The van der Waals surface area contributed by atoms with Crippen molar-refractivity contribution in [1.29, 1.82) is 0 Å². The van der Waals surface area contributed by atoms with Crippen molar-refractivity contribution in [3.05, 3.63) is 12.2 Å². The molecule has 1 aliphatic rings. The van der Waals surface area contributed by atoms with Crippen LogP contribution in [0.25, 0.3) is 0 Å². The van der Waals surface area contributed by atoms with Crippen molar-refractivity contribution in [2.75, 3.05) is 12.5 Å². The Labute approximate surface area is 101 Å². The summed E-state index contributed by atoms with van der Waals surface area (Å²) in [7, 11) is 0. The molecule has 1 saturated heterocycles. The number of hydrogen-bond acceptors (Lipinski definition) is 3. The summed E-state index contributed by atoms with van der Waals surface area (Å²) >= 11 is 6.13. The molecule has 0 spiro atoms. The van der Waals surface area contributed by atoms with Gasteiger partial charge in [-0.2, -0.15) is 5.10 Å². The van der Waals surface area contributed by atoms with Gasteiger partial charge in [0.25, 0.3) is 0 Å². The van der Waals surface area contributed by atoms with Crippen molar-refractivity contribution in [1.82, 2.24) is 14.8 Å². The Morgan fingerprint density at radius 3 is 3.06 bits per heavy atom. The molecular formula is C11H18ClN3O. The summed E-state index contributed by atoms with van der Waals surface area (Å²) in [5.74, 6) is 1.63. The lowest BCUT2D eigenvalue weighted by molar-refractivity contribution is 0.0722. The number of alkyl halides is 1. The highest BCUT2D eigenvalue weighted by Crippen LogP contribution is 2.38. The van der Waals surface area contributed by atoms with Gasteiger partial charge >= 0.3 is 0 Å². The van der Waals surface area contributed by atoms with Crippen LogP contribution >= 0.6 is 11.6 Å². The molecule has 1 fully saturated rings. The van der Waals surface area contributed by atoms with Gasteiger partial charge in [-0.1, -0.05) is 0 Å². The minimum atomic E-state index is 0.0293. The summed E-state index contributed by atoms with van der Waals surface area (Å²) in [6.45, 7) is 5.82. The molecular weight excluding hydrogens is 226 g/mol. The molecule has 0 saturated carbocycles. The van der Waals surface area contributed by atoms with Gasteiger partial charge in [-0.15, -0.1) is 11.6 Å². The van der Waals surface area contributed by atoms with Crippen LogP contribution in [0.1, 0.15) is 26.1 Å². The molecule has 0 radical (unpaired) electrons. The van der Waals surface area contributed by atoms with Crippen molar-refractivity contribution in [3.63, 3.8) is 0 Å². The van der Waals surface area contributed by atoms with Gasteiger partial charge in [0.15, 0.2) is 0 Å². The maximum absolute atomic E-state index is 6.13. The van der Waals surface area contributed by atoms with Crippen LogP contribution in [0.5, 0.6) is 0 Å². The highest BCUT2D eigenvalue weighted by atomic mass is 35.5. The number of nitrogens with zero attached hydrogens (tertiary/aromatic N) is 3. The van der Waals surface area contributed by atoms with Gasteiger partial charge in [-0.05, 0) is 20.3 Å². The summed E-state index contributed by atoms with van der Waals surface area (Å²) in [4.78, 5) is 4.32. The third-order valence-electron chi connectivity index (χ3n) is 3.60. The first-order valence-corrected chi connectivity index (χ1v) is 6.29. The number of halogens is 1. The fourth-order valence-corrected chi connectivity index (χ4v) is 2.72. The molecule has 0 aliphatic carbocycles. The Morgan fingerprint density at radius 1 is 1.69 bits per heavy atom. The van der Waals surface area contributed by atoms with Crippen LogP contribution in [0.15, 0.2) is 6.33 Å². The Balaban J connectivity index is 2.18. The molecule has 2 unspecified atom stereocenters. The molecule has 90 valence electrons. The number of aromatic nitrogens is 3. The number of aryl methyl sites for hydroxylation is 1. The number of ether oxygens (including phenoxy) is 1. The lowest BCUT2D eigenvalue weighted by atomic mass is 9.80. The second-order valence-electron chi connectivity index (χ2n) is 4.43. The molecule has 1 aromatic rings. The average Bonchev–Trinajstić information content (AvgIpc) is 2.87. The van der Waals surface area contributed by atoms with Crippen molar-refractivity contribution in [2.24, 2.45) is 5.41 Å². The van der Waals surface area contributed by atoms with Gasteiger partial charge < -0.3 is 4.74 Å². The molecule has 0 N–H and O–H groups in total. The summed E-state index contributed by atoms with van der Waals surface area (Å²) < 4.78 is 7.57. The zero-order valence-corrected chi connectivity index (χ0v) is 10.6. The first-order valence-electron chi connectivity index (χ1n) is 5.76. The molecule has 5 heteroatoms. The van der Waals surface area contributed by atoms with E-state index in [0.29, 0.717) is 5.88 Å². The van der Waals surface area contributed by atoms with Gasteiger partial charge in [0.2, 0.25) is 0 Å². The molecule has 1 aromatic heterocycles. The van der Waals surface area contributed by atoms with Crippen LogP contribution < -0.4 is 0 Å². The zero-order chi connectivity index (χ0) is 11.6. The molecule has 2 heterocycles. The summed E-state index contributed by atoms with van der Waals surface area (Å²) in [6, 6.07) is 0. The largest absolute Gasteiger partial charge is 0.378 e. The monoisotopic (exact) mass is 243 g/mol. The molecule has 0 bridgehead atoms. The summed E-state index contributed by atoms with van der Waals surface area (Å²) in [5.41, 5.74) is 0.0293. The SMILES string of the molecule is CCn1ncnc1CC1(CCl)CCOC1C. The lowest BCUT2D eigenvalue weighted by Gasteiger charge is -2.29. The van der Waals surface area contributed by atoms with E-state index in [2.05, 4.69) is 23.9 Å². The van der Waals surface area contributed by atoms with E-state index in [9.17, 15) is 0 Å². The fraction of sp³-hybridized carbons (Fsp3) is 0.818. The van der Waals surface area contributed by atoms with E-state index < -0.39 is 0 Å². The van der Waals surface area contributed by atoms with E-state index in [1.165, 1.54) is 0 Å². The normalized spacial score (nSPS) is 29.8. The molecule has 2 rings (SSSR count). The first kappa shape index (κ1) is 11.9. The van der Waals surface area contributed by atoms with Gasteiger partial charge in [0, 0.05) is 30.9 Å². The van der Waals surface area contributed by atoms with E-state index in [-0.39, 0.29) is 11.5 Å². The third kappa shape index (κ3) is 1.96. The minimum absolute atomic E-state index is 0.0293. The van der Waals surface area contributed by atoms with E-state index in [1.807, 2.05) is 4.68 Å². The van der Waals surface area contributed by atoms with E-state index in [0.717, 1.165) is 31.8 Å². The van der Waals surface area contributed by atoms with Crippen LogP contribution in [0.4, 0.5) is 0 Å². The molecule has 0 amide bonds. The van der Waals surface area contributed by atoms with Crippen LogP contribution in [-0.4, -0.2) is 33.4 Å². The second kappa shape index (κ2) is 4.72. The smallest absolute Gasteiger partial charge is 0.138 e. The van der Waals surface area contributed by atoms with Crippen LogP contribution in [0.3, 0.4) is 0 Å². The van der Waals surface area contributed by atoms with E-state index in [4.69, 9.17) is 16.3 Å². The van der Waals surface area contributed by atoms with E-state index in [1.54, 1.807) is 6.33 Å². The second-order valence-corrected chi connectivity index (χ2v) is 4.70. The van der Waals surface area contributed by atoms with Crippen molar-refractivity contribution in [3.8, 4) is 0 Å². The maximum Gasteiger partial charge on any atom is 0.138 e.